The molecule has 27 heavy (non-hydrogen) atoms. The van der Waals surface area contributed by atoms with Crippen LogP contribution in [0.3, 0.4) is 0 Å². The molecule has 1 aliphatic heterocycles. The standard InChI is InChI=1S/C19H20ClFN2O3S/c1-13-4-7-16(11-18(13)20)22-19(24)14-3-2-10-23(12-14)27(25,26)17-8-5-15(21)6-9-17/h4-9,11,14H,2-3,10,12H2,1H3,(H,22,24)/t14-/m1/s1. The summed E-state index contributed by atoms with van der Waals surface area (Å²) in [5.74, 6) is -1.20. The minimum atomic E-state index is -3.76. The molecule has 0 spiro atoms. The van der Waals surface area contributed by atoms with E-state index < -0.39 is 21.8 Å². The maximum absolute atomic E-state index is 13.1. The second-order valence-corrected chi connectivity index (χ2v) is 8.95. The summed E-state index contributed by atoms with van der Waals surface area (Å²) in [4.78, 5) is 12.6. The Morgan fingerprint density at radius 2 is 1.93 bits per heavy atom. The van der Waals surface area contributed by atoms with Crippen LogP contribution in [0.25, 0.3) is 0 Å². The van der Waals surface area contributed by atoms with E-state index in [1.165, 1.54) is 16.4 Å². The second-order valence-electron chi connectivity index (χ2n) is 6.61. The molecular weight excluding hydrogens is 391 g/mol. The number of anilines is 1. The van der Waals surface area contributed by atoms with Crippen LogP contribution in [0.5, 0.6) is 0 Å². The Hall–Kier alpha value is -1.96. The molecule has 1 N–H and O–H groups in total. The van der Waals surface area contributed by atoms with Crippen molar-refractivity contribution in [1.82, 2.24) is 4.31 Å². The van der Waals surface area contributed by atoms with Gasteiger partial charge in [-0.25, -0.2) is 12.8 Å². The van der Waals surface area contributed by atoms with E-state index in [0.717, 1.165) is 17.7 Å². The zero-order valence-electron chi connectivity index (χ0n) is 14.8. The molecular formula is C19H20ClFN2O3S. The predicted molar refractivity (Wildman–Crippen MR) is 103 cm³/mol. The average molecular weight is 411 g/mol. The third-order valence-corrected chi connectivity index (χ3v) is 6.93. The highest BCUT2D eigenvalue weighted by Gasteiger charge is 2.33. The largest absolute Gasteiger partial charge is 0.326 e. The lowest BCUT2D eigenvalue weighted by atomic mass is 9.98. The zero-order chi connectivity index (χ0) is 19.6. The number of aryl methyl sites for hydroxylation is 1. The van der Waals surface area contributed by atoms with E-state index in [9.17, 15) is 17.6 Å². The molecule has 1 fully saturated rings. The van der Waals surface area contributed by atoms with Gasteiger partial charge in [0, 0.05) is 23.8 Å². The molecule has 0 bridgehead atoms. The highest BCUT2D eigenvalue weighted by atomic mass is 35.5. The SMILES string of the molecule is Cc1ccc(NC(=O)[C@@H]2CCCN(S(=O)(=O)c3ccc(F)cc3)C2)cc1Cl. The van der Waals surface area contributed by atoms with Crippen molar-refractivity contribution >= 4 is 33.2 Å². The van der Waals surface area contributed by atoms with Crippen molar-refractivity contribution in [2.24, 2.45) is 5.92 Å². The maximum atomic E-state index is 13.1. The van der Waals surface area contributed by atoms with Crippen molar-refractivity contribution in [3.05, 3.63) is 58.9 Å². The van der Waals surface area contributed by atoms with Crippen molar-refractivity contribution in [2.45, 2.75) is 24.7 Å². The highest BCUT2D eigenvalue weighted by molar-refractivity contribution is 7.89. The van der Waals surface area contributed by atoms with Gasteiger partial charge >= 0.3 is 0 Å². The second kappa shape index (κ2) is 7.96. The molecule has 1 aliphatic rings. The molecule has 2 aromatic carbocycles. The molecule has 0 unspecified atom stereocenters. The van der Waals surface area contributed by atoms with Crippen molar-refractivity contribution in [1.29, 1.82) is 0 Å². The predicted octanol–water partition coefficient (Wildman–Crippen LogP) is 3.83. The monoisotopic (exact) mass is 410 g/mol. The third-order valence-electron chi connectivity index (χ3n) is 4.65. The van der Waals surface area contributed by atoms with Crippen molar-refractivity contribution in [2.75, 3.05) is 18.4 Å². The van der Waals surface area contributed by atoms with E-state index in [1.54, 1.807) is 12.1 Å². The van der Waals surface area contributed by atoms with E-state index >= 15 is 0 Å². The quantitative estimate of drug-likeness (QED) is 0.833. The summed E-state index contributed by atoms with van der Waals surface area (Å²) in [6.07, 6.45) is 1.17. The number of hydrogen-bond donors (Lipinski definition) is 1. The summed E-state index contributed by atoms with van der Waals surface area (Å²) in [5, 5.41) is 3.36. The van der Waals surface area contributed by atoms with Gasteiger partial charge in [0.25, 0.3) is 0 Å². The first-order valence-corrected chi connectivity index (χ1v) is 10.4. The van der Waals surface area contributed by atoms with Gasteiger partial charge in [0.05, 0.1) is 10.8 Å². The Morgan fingerprint density at radius 1 is 1.22 bits per heavy atom. The summed E-state index contributed by atoms with van der Waals surface area (Å²) >= 11 is 6.08. The summed E-state index contributed by atoms with van der Waals surface area (Å²) in [7, 11) is -3.76. The average Bonchev–Trinajstić information content (AvgIpc) is 2.65. The Kier molecular flexibility index (Phi) is 5.83. The van der Waals surface area contributed by atoms with Gasteiger partial charge in [0.2, 0.25) is 15.9 Å². The number of nitrogens with one attached hydrogen (secondary N) is 1. The number of halogens is 2. The third kappa shape index (κ3) is 4.48. The first-order valence-electron chi connectivity index (χ1n) is 8.60. The van der Waals surface area contributed by atoms with Crippen LogP contribution < -0.4 is 5.32 Å². The number of carbonyl (C=O) groups excluding carboxylic acids is 1. The van der Waals surface area contributed by atoms with Gasteiger partial charge < -0.3 is 5.32 Å². The Bertz CT molecular complexity index is 948. The van der Waals surface area contributed by atoms with Crippen molar-refractivity contribution < 1.29 is 17.6 Å². The van der Waals surface area contributed by atoms with E-state index in [0.29, 0.717) is 30.1 Å². The molecule has 8 heteroatoms. The smallest absolute Gasteiger partial charge is 0.243 e. The van der Waals surface area contributed by atoms with Gasteiger partial charge in [-0.3, -0.25) is 4.79 Å². The molecule has 1 amide bonds. The molecule has 0 radical (unpaired) electrons. The Balaban J connectivity index is 1.72. The lowest BCUT2D eigenvalue weighted by molar-refractivity contribution is -0.120. The summed E-state index contributed by atoms with van der Waals surface area (Å²) in [6.45, 7) is 2.29. The van der Waals surface area contributed by atoms with Gasteiger partial charge in [0.1, 0.15) is 5.82 Å². The zero-order valence-corrected chi connectivity index (χ0v) is 16.4. The normalized spacial score (nSPS) is 18.3. The number of hydrogen-bond acceptors (Lipinski definition) is 3. The van der Waals surface area contributed by atoms with Gasteiger partial charge in [-0.2, -0.15) is 4.31 Å². The highest BCUT2D eigenvalue weighted by Crippen LogP contribution is 2.26. The number of nitrogens with zero attached hydrogens (tertiary/aromatic N) is 1. The fourth-order valence-electron chi connectivity index (χ4n) is 3.05. The molecule has 3 rings (SSSR count). The molecule has 2 aromatic rings. The number of piperidine rings is 1. The lowest BCUT2D eigenvalue weighted by Gasteiger charge is -2.31. The van der Waals surface area contributed by atoms with Crippen LogP contribution in [-0.4, -0.2) is 31.7 Å². The van der Waals surface area contributed by atoms with Crippen LogP contribution in [0.4, 0.5) is 10.1 Å². The summed E-state index contributed by atoms with van der Waals surface area (Å²) in [6, 6.07) is 9.94. The first-order chi connectivity index (χ1) is 12.8. The fraction of sp³-hybridized carbons (Fsp3) is 0.316. The molecule has 0 aliphatic carbocycles. The van der Waals surface area contributed by atoms with Gasteiger partial charge in [-0.05, 0) is 61.7 Å². The molecule has 144 valence electrons. The van der Waals surface area contributed by atoms with Gasteiger partial charge in [0.15, 0.2) is 0 Å². The van der Waals surface area contributed by atoms with Crippen LogP contribution in [-0.2, 0) is 14.8 Å². The summed E-state index contributed by atoms with van der Waals surface area (Å²) in [5.41, 5.74) is 1.48. The van der Waals surface area contributed by atoms with E-state index in [2.05, 4.69) is 5.32 Å². The number of rotatable bonds is 4. The van der Waals surface area contributed by atoms with Gasteiger partial charge in [-0.1, -0.05) is 17.7 Å². The number of sulfonamides is 1. The van der Waals surface area contributed by atoms with Crippen LogP contribution in [0.1, 0.15) is 18.4 Å². The Morgan fingerprint density at radius 3 is 2.59 bits per heavy atom. The van der Waals surface area contributed by atoms with Crippen LogP contribution in [0.15, 0.2) is 47.4 Å². The molecule has 1 saturated heterocycles. The van der Waals surface area contributed by atoms with Crippen LogP contribution in [0.2, 0.25) is 5.02 Å². The van der Waals surface area contributed by atoms with Crippen LogP contribution >= 0.6 is 11.6 Å². The maximum Gasteiger partial charge on any atom is 0.243 e. The molecule has 0 saturated carbocycles. The number of amides is 1. The van der Waals surface area contributed by atoms with Crippen molar-refractivity contribution in [3.63, 3.8) is 0 Å². The first kappa shape index (κ1) is 19.8. The minimum absolute atomic E-state index is 0.0234. The minimum Gasteiger partial charge on any atom is -0.326 e. The van der Waals surface area contributed by atoms with Gasteiger partial charge in [-0.15, -0.1) is 0 Å². The van der Waals surface area contributed by atoms with E-state index in [-0.39, 0.29) is 17.3 Å². The topological polar surface area (TPSA) is 66.5 Å². The lowest BCUT2D eigenvalue weighted by Crippen LogP contribution is -2.43. The Labute approximate surface area is 163 Å². The summed E-state index contributed by atoms with van der Waals surface area (Å²) < 4.78 is 39.9. The molecule has 1 atom stereocenters. The number of benzene rings is 2. The van der Waals surface area contributed by atoms with Crippen molar-refractivity contribution in [3.8, 4) is 0 Å². The fourth-order valence-corrected chi connectivity index (χ4v) is 4.75. The molecule has 0 aromatic heterocycles. The molecule has 5 nitrogen and oxygen atoms in total. The molecule has 1 heterocycles. The van der Waals surface area contributed by atoms with E-state index in [1.807, 2.05) is 13.0 Å². The number of carbonyl (C=O) groups is 1. The van der Waals surface area contributed by atoms with E-state index in [4.69, 9.17) is 11.6 Å². The van der Waals surface area contributed by atoms with Crippen LogP contribution in [0, 0.1) is 18.7 Å².